The molecular weight excluding hydrogens is 380 g/mol. The third-order valence-corrected chi connectivity index (χ3v) is 4.01. The van der Waals surface area contributed by atoms with Crippen LogP contribution in [0.2, 0.25) is 0 Å². The first kappa shape index (κ1) is 24.8. The molecule has 0 aliphatic rings. The monoisotopic (exact) mass is 414 g/mol. The molecule has 0 bridgehead atoms. The lowest BCUT2D eigenvalue weighted by atomic mass is 10.1. The summed E-state index contributed by atoms with van der Waals surface area (Å²) in [5.41, 5.74) is 14.5. The molecule has 7 nitrogen and oxygen atoms in total. The molecule has 2 amide bonds. The summed E-state index contributed by atoms with van der Waals surface area (Å²) in [5, 5.41) is 2.59. The van der Waals surface area contributed by atoms with Gasteiger partial charge in [0.05, 0.1) is 0 Å². The zero-order valence-corrected chi connectivity index (χ0v) is 18.4. The highest BCUT2D eigenvalue weighted by molar-refractivity contribution is 5.67. The number of nitrogens with zero attached hydrogens (tertiary/aromatic N) is 1. The van der Waals surface area contributed by atoms with E-state index in [1.54, 1.807) is 11.9 Å². The molecule has 0 fully saturated rings. The molecule has 164 valence electrons. The van der Waals surface area contributed by atoms with E-state index in [4.69, 9.17) is 16.2 Å². The molecule has 7 heteroatoms. The van der Waals surface area contributed by atoms with Crippen molar-refractivity contribution < 1.29 is 14.3 Å². The predicted octanol–water partition coefficient (Wildman–Crippen LogP) is 3.24. The quantitative estimate of drug-likeness (QED) is 0.366. The van der Waals surface area contributed by atoms with Crippen molar-refractivity contribution in [2.75, 3.05) is 31.6 Å². The minimum atomic E-state index is -0.452. The van der Waals surface area contributed by atoms with E-state index in [1.807, 2.05) is 69.3 Å². The van der Waals surface area contributed by atoms with Gasteiger partial charge in [-0.2, -0.15) is 0 Å². The third kappa shape index (κ3) is 10.9. The molecule has 0 saturated heterocycles. The standard InChI is InChI=1S/C14H22N2O2.C9H12N2O/c1-14(2,3)18-13(17)16(4)10-9-11-5-7-12(15)8-6-11;10-9-3-1-2-8(6-9)4-5-11-7-12/h5-8H,9-10,15H2,1-4H3;1-3,6-7H,4-5,10H2,(H,11,12). The summed E-state index contributed by atoms with van der Waals surface area (Å²) >= 11 is 0. The Balaban J connectivity index is 0.000000325. The van der Waals surface area contributed by atoms with Crippen LogP contribution in [0.4, 0.5) is 16.2 Å². The normalized spacial score (nSPS) is 10.4. The van der Waals surface area contributed by atoms with E-state index in [0.29, 0.717) is 19.5 Å². The number of nitrogen functional groups attached to an aromatic ring is 2. The number of likely N-dealkylation sites (N-methyl/N-ethyl adjacent to an activating group) is 1. The van der Waals surface area contributed by atoms with Crippen LogP contribution in [0.15, 0.2) is 48.5 Å². The van der Waals surface area contributed by atoms with Crippen LogP contribution < -0.4 is 16.8 Å². The zero-order valence-electron chi connectivity index (χ0n) is 18.4. The fourth-order valence-corrected chi connectivity index (χ4v) is 2.44. The van der Waals surface area contributed by atoms with Gasteiger partial charge in [-0.25, -0.2) is 4.79 Å². The van der Waals surface area contributed by atoms with Crippen molar-refractivity contribution in [2.24, 2.45) is 0 Å². The fourth-order valence-electron chi connectivity index (χ4n) is 2.44. The van der Waals surface area contributed by atoms with Crippen molar-refractivity contribution in [1.82, 2.24) is 10.2 Å². The molecular formula is C23H34N4O3. The van der Waals surface area contributed by atoms with Gasteiger partial charge in [0, 0.05) is 31.5 Å². The maximum Gasteiger partial charge on any atom is 0.410 e. The highest BCUT2D eigenvalue weighted by Gasteiger charge is 2.19. The zero-order chi connectivity index (χ0) is 22.6. The van der Waals surface area contributed by atoms with Crippen LogP contribution in [0.25, 0.3) is 0 Å². The van der Waals surface area contributed by atoms with E-state index >= 15 is 0 Å². The predicted molar refractivity (Wildman–Crippen MR) is 122 cm³/mol. The van der Waals surface area contributed by atoms with Gasteiger partial charge in [0.25, 0.3) is 0 Å². The van der Waals surface area contributed by atoms with Gasteiger partial charge >= 0.3 is 6.09 Å². The molecule has 5 N–H and O–H groups in total. The average Bonchev–Trinajstić information content (AvgIpc) is 2.67. The van der Waals surface area contributed by atoms with E-state index < -0.39 is 5.60 Å². The molecule has 0 saturated carbocycles. The van der Waals surface area contributed by atoms with Crippen LogP contribution in [0, 0.1) is 0 Å². The van der Waals surface area contributed by atoms with E-state index in [-0.39, 0.29) is 6.09 Å². The summed E-state index contributed by atoms with van der Waals surface area (Å²) in [6, 6.07) is 15.3. The molecule has 0 heterocycles. The van der Waals surface area contributed by atoms with Crippen LogP contribution in [-0.2, 0) is 22.4 Å². The largest absolute Gasteiger partial charge is 0.444 e. The van der Waals surface area contributed by atoms with Crippen LogP contribution in [-0.4, -0.2) is 43.1 Å². The number of carbonyl (C=O) groups excluding carboxylic acids is 2. The Morgan fingerprint density at radius 3 is 2.27 bits per heavy atom. The first-order valence-corrected chi connectivity index (χ1v) is 9.90. The molecule has 0 radical (unpaired) electrons. The Kier molecular flexibility index (Phi) is 10.2. The van der Waals surface area contributed by atoms with E-state index in [0.717, 1.165) is 35.3 Å². The number of carbonyl (C=O) groups is 2. The highest BCUT2D eigenvalue weighted by atomic mass is 16.6. The summed E-state index contributed by atoms with van der Waals surface area (Å²) in [6.45, 7) is 6.86. The van der Waals surface area contributed by atoms with Crippen molar-refractivity contribution in [3.63, 3.8) is 0 Å². The summed E-state index contributed by atoms with van der Waals surface area (Å²) in [6.07, 6.45) is 2.02. The molecule has 0 spiro atoms. The van der Waals surface area contributed by atoms with Crippen LogP contribution >= 0.6 is 0 Å². The number of amides is 2. The second kappa shape index (κ2) is 12.4. The van der Waals surface area contributed by atoms with Gasteiger partial charge in [-0.15, -0.1) is 0 Å². The van der Waals surface area contributed by atoms with Gasteiger partial charge in [-0.05, 0) is 69.0 Å². The van der Waals surface area contributed by atoms with E-state index in [9.17, 15) is 9.59 Å². The number of hydrogen-bond acceptors (Lipinski definition) is 5. The van der Waals surface area contributed by atoms with E-state index in [1.165, 1.54) is 0 Å². The summed E-state index contributed by atoms with van der Waals surface area (Å²) in [7, 11) is 1.74. The number of rotatable bonds is 7. The SMILES string of the molecule is CN(CCc1ccc(N)cc1)C(=O)OC(C)(C)C.Nc1cccc(CCNC=O)c1. The van der Waals surface area contributed by atoms with Crippen LogP contribution in [0.1, 0.15) is 31.9 Å². The number of benzene rings is 2. The van der Waals surface area contributed by atoms with Crippen LogP contribution in [0.5, 0.6) is 0 Å². The molecule has 2 aromatic carbocycles. The lowest BCUT2D eigenvalue weighted by Gasteiger charge is -2.24. The minimum absolute atomic E-state index is 0.294. The molecule has 30 heavy (non-hydrogen) atoms. The van der Waals surface area contributed by atoms with E-state index in [2.05, 4.69) is 5.32 Å². The first-order chi connectivity index (χ1) is 14.1. The first-order valence-electron chi connectivity index (χ1n) is 9.90. The lowest BCUT2D eigenvalue weighted by Crippen LogP contribution is -2.35. The van der Waals surface area contributed by atoms with Crippen molar-refractivity contribution in [2.45, 2.75) is 39.2 Å². The Morgan fingerprint density at radius 2 is 1.70 bits per heavy atom. The van der Waals surface area contributed by atoms with Crippen molar-refractivity contribution >= 4 is 23.9 Å². The van der Waals surface area contributed by atoms with Crippen molar-refractivity contribution in [3.8, 4) is 0 Å². The van der Waals surface area contributed by atoms with Crippen molar-refractivity contribution in [3.05, 3.63) is 59.7 Å². The Hall–Kier alpha value is -3.22. The smallest absolute Gasteiger partial charge is 0.410 e. The number of nitrogens with two attached hydrogens (primary N) is 2. The average molecular weight is 415 g/mol. The maximum atomic E-state index is 11.7. The second-order valence-corrected chi connectivity index (χ2v) is 7.96. The van der Waals surface area contributed by atoms with Gasteiger partial charge in [0.1, 0.15) is 5.60 Å². The van der Waals surface area contributed by atoms with Gasteiger partial charge in [0.15, 0.2) is 0 Å². The topological polar surface area (TPSA) is 111 Å². The van der Waals surface area contributed by atoms with Gasteiger partial charge < -0.3 is 26.4 Å². The van der Waals surface area contributed by atoms with Crippen molar-refractivity contribution in [1.29, 1.82) is 0 Å². The molecule has 0 aliphatic carbocycles. The van der Waals surface area contributed by atoms with Gasteiger partial charge in [-0.3, -0.25) is 4.79 Å². The molecule has 0 aliphatic heterocycles. The molecule has 0 atom stereocenters. The summed E-state index contributed by atoms with van der Waals surface area (Å²) in [4.78, 5) is 23.2. The third-order valence-electron chi connectivity index (χ3n) is 4.01. The summed E-state index contributed by atoms with van der Waals surface area (Å²) < 4.78 is 5.27. The van der Waals surface area contributed by atoms with Gasteiger partial charge in [0.2, 0.25) is 6.41 Å². The minimum Gasteiger partial charge on any atom is -0.444 e. The molecule has 2 aromatic rings. The Labute approximate surface area is 179 Å². The number of ether oxygens (including phenoxy) is 1. The number of hydrogen-bond donors (Lipinski definition) is 3. The Bertz CT molecular complexity index is 786. The second-order valence-electron chi connectivity index (χ2n) is 7.96. The lowest BCUT2D eigenvalue weighted by molar-refractivity contribution is -0.109. The number of nitrogens with one attached hydrogen (secondary N) is 1. The van der Waals surface area contributed by atoms with Gasteiger partial charge in [-0.1, -0.05) is 24.3 Å². The molecule has 2 rings (SSSR count). The van der Waals surface area contributed by atoms with Crippen LogP contribution in [0.3, 0.4) is 0 Å². The number of anilines is 2. The highest BCUT2D eigenvalue weighted by Crippen LogP contribution is 2.11. The fraction of sp³-hybridized carbons (Fsp3) is 0.391. The maximum absolute atomic E-state index is 11.7. The molecule has 0 aromatic heterocycles. The Morgan fingerprint density at radius 1 is 1.03 bits per heavy atom. The molecule has 0 unspecified atom stereocenters. The summed E-state index contributed by atoms with van der Waals surface area (Å²) in [5.74, 6) is 0.